The Hall–Kier alpha value is -2.46. The normalized spacial score (nSPS) is 12.0. The summed E-state index contributed by atoms with van der Waals surface area (Å²) in [7, 11) is -3.42. The van der Waals surface area contributed by atoms with Gasteiger partial charge in [0, 0.05) is 17.0 Å². The molecule has 0 saturated carbocycles. The van der Waals surface area contributed by atoms with Crippen molar-refractivity contribution in [1.29, 1.82) is 0 Å². The average molecular weight is 295 g/mol. The molecule has 0 unspecified atom stereocenters. The Balaban J connectivity index is 1.94. The van der Waals surface area contributed by atoms with Crippen molar-refractivity contribution in [2.24, 2.45) is 0 Å². The van der Waals surface area contributed by atoms with Gasteiger partial charge in [-0.2, -0.15) is 0 Å². The molecule has 2 aromatic carbocycles. The maximum Gasteiger partial charge on any atom is 0.199 e. The molecule has 104 valence electrons. The Bertz CT molecular complexity index is 900. The van der Waals surface area contributed by atoms with Crippen LogP contribution in [0.2, 0.25) is 0 Å². The second-order valence-corrected chi connectivity index (χ2v) is 6.46. The largest absolute Gasteiger partial charge is 0.256 e. The van der Waals surface area contributed by atoms with Crippen molar-refractivity contribution in [2.75, 3.05) is 0 Å². The summed E-state index contributed by atoms with van der Waals surface area (Å²) >= 11 is 0. The van der Waals surface area contributed by atoms with Gasteiger partial charge in [-0.15, -0.1) is 0 Å². The van der Waals surface area contributed by atoms with Crippen LogP contribution < -0.4 is 0 Å². The van der Waals surface area contributed by atoms with Crippen LogP contribution in [-0.2, 0) is 9.84 Å². The van der Waals surface area contributed by atoms with Gasteiger partial charge in [-0.25, -0.2) is 8.42 Å². The number of hydrogen-bond donors (Lipinski definition) is 0. The molecule has 1 heterocycles. The number of fused-ring (bicyclic) bond motifs is 1. The van der Waals surface area contributed by atoms with E-state index < -0.39 is 9.84 Å². The number of hydrogen-bond acceptors (Lipinski definition) is 3. The highest BCUT2D eigenvalue weighted by Crippen LogP contribution is 2.16. The number of nitrogens with zero attached hydrogens (tertiary/aromatic N) is 1. The third-order valence-corrected chi connectivity index (χ3v) is 4.55. The molecule has 0 spiro atoms. The summed E-state index contributed by atoms with van der Waals surface area (Å²) in [6.07, 6.45) is 3.24. The van der Waals surface area contributed by atoms with Crippen molar-refractivity contribution in [3.05, 3.63) is 77.8 Å². The molecule has 0 radical (unpaired) electrons. The topological polar surface area (TPSA) is 47.0 Å². The zero-order valence-corrected chi connectivity index (χ0v) is 12.0. The molecule has 0 aliphatic rings. The highest BCUT2D eigenvalue weighted by atomic mass is 32.2. The molecular weight excluding hydrogens is 282 g/mol. The van der Waals surface area contributed by atoms with Crippen LogP contribution in [-0.4, -0.2) is 13.4 Å². The van der Waals surface area contributed by atoms with Gasteiger partial charge in [-0.3, -0.25) is 4.98 Å². The first-order valence-corrected chi connectivity index (χ1v) is 8.03. The molecule has 0 aliphatic carbocycles. The van der Waals surface area contributed by atoms with Gasteiger partial charge in [0.1, 0.15) is 0 Å². The molecule has 0 saturated heterocycles. The van der Waals surface area contributed by atoms with E-state index in [1.807, 2.05) is 30.3 Å². The molecule has 0 amide bonds. The van der Waals surface area contributed by atoms with E-state index in [1.165, 1.54) is 5.41 Å². The minimum atomic E-state index is -3.42. The predicted molar refractivity (Wildman–Crippen MR) is 84.4 cm³/mol. The third-order valence-electron chi connectivity index (χ3n) is 3.12. The number of benzene rings is 2. The van der Waals surface area contributed by atoms with E-state index in [1.54, 1.807) is 42.6 Å². The molecule has 0 fully saturated rings. The Labute approximate surface area is 123 Å². The lowest BCUT2D eigenvalue weighted by molar-refractivity contribution is 0.605. The van der Waals surface area contributed by atoms with Crippen molar-refractivity contribution in [3.63, 3.8) is 0 Å². The average Bonchev–Trinajstić information content (AvgIpc) is 2.54. The smallest absolute Gasteiger partial charge is 0.199 e. The minimum Gasteiger partial charge on any atom is -0.256 e. The van der Waals surface area contributed by atoms with Crippen LogP contribution in [0.25, 0.3) is 17.0 Å². The molecule has 3 nitrogen and oxygen atoms in total. The molecule has 3 aromatic rings. The highest BCUT2D eigenvalue weighted by molar-refractivity contribution is 7.94. The van der Waals surface area contributed by atoms with E-state index >= 15 is 0 Å². The fourth-order valence-electron chi connectivity index (χ4n) is 2.04. The number of aromatic nitrogens is 1. The van der Waals surface area contributed by atoms with E-state index in [4.69, 9.17) is 0 Å². The van der Waals surface area contributed by atoms with Gasteiger partial charge in [-0.1, -0.05) is 36.4 Å². The van der Waals surface area contributed by atoms with Gasteiger partial charge >= 0.3 is 0 Å². The first kappa shape index (κ1) is 13.5. The van der Waals surface area contributed by atoms with Crippen LogP contribution in [0.5, 0.6) is 0 Å². The molecule has 0 bridgehead atoms. The fourth-order valence-corrected chi connectivity index (χ4v) is 3.07. The Kier molecular flexibility index (Phi) is 3.54. The van der Waals surface area contributed by atoms with Gasteiger partial charge in [0.25, 0.3) is 0 Å². The van der Waals surface area contributed by atoms with Crippen LogP contribution in [0.15, 0.2) is 77.2 Å². The fraction of sp³-hybridized carbons (Fsp3) is 0. The molecule has 0 atom stereocenters. The minimum absolute atomic E-state index is 0.287. The molecule has 0 aliphatic heterocycles. The number of para-hydroxylation sites is 1. The van der Waals surface area contributed by atoms with Gasteiger partial charge in [-0.05, 0) is 35.9 Å². The zero-order valence-electron chi connectivity index (χ0n) is 11.2. The summed E-state index contributed by atoms with van der Waals surface area (Å²) in [5.41, 5.74) is 1.65. The molecule has 3 rings (SSSR count). The summed E-state index contributed by atoms with van der Waals surface area (Å²) in [5, 5.41) is 2.20. The molecule has 21 heavy (non-hydrogen) atoms. The third kappa shape index (κ3) is 3.01. The maximum atomic E-state index is 12.2. The standard InChI is InChI=1S/C17H13NO2S/c19-21(20,16-7-2-1-3-8-16)11-10-14-12-15-6-4-5-9-17(15)18-13-14/h1-13H/b11-10+. The lowest BCUT2D eigenvalue weighted by atomic mass is 10.2. The van der Waals surface area contributed by atoms with E-state index in [0.717, 1.165) is 16.5 Å². The summed E-state index contributed by atoms with van der Waals surface area (Å²) in [5.74, 6) is 0. The lowest BCUT2D eigenvalue weighted by Crippen LogP contribution is -1.95. The summed E-state index contributed by atoms with van der Waals surface area (Å²) < 4.78 is 24.3. The molecule has 1 aromatic heterocycles. The van der Waals surface area contributed by atoms with Crippen LogP contribution in [0, 0.1) is 0 Å². The van der Waals surface area contributed by atoms with Crippen molar-refractivity contribution < 1.29 is 8.42 Å². The quantitative estimate of drug-likeness (QED) is 0.740. The van der Waals surface area contributed by atoms with Crippen molar-refractivity contribution >= 4 is 26.8 Å². The van der Waals surface area contributed by atoms with Gasteiger partial charge < -0.3 is 0 Å². The zero-order chi connectivity index (χ0) is 14.7. The van der Waals surface area contributed by atoms with E-state index in [2.05, 4.69) is 4.98 Å². The van der Waals surface area contributed by atoms with Crippen molar-refractivity contribution in [2.45, 2.75) is 4.90 Å². The van der Waals surface area contributed by atoms with E-state index in [-0.39, 0.29) is 4.90 Å². The first-order chi connectivity index (χ1) is 10.1. The summed E-state index contributed by atoms with van der Waals surface area (Å²) in [6, 6.07) is 18.0. The van der Waals surface area contributed by atoms with Crippen LogP contribution in [0.3, 0.4) is 0 Å². The maximum absolute atomic E-state index is 12.2. The predicted octanol–water partition coefficient (Wildman–Crippen LogP) is 3.68. The molecular formula is C17H13NO2S. The Morgan fingerprint density at radius 1 is 0.905 bits per heavy atom. The Morgan fingerprint density at radius 3 is 2.43 bits per heavy atom. The Morgan fingerprint density at radius 2 is 1.62 bits per heavy atom. The summed E-state index contributed by atoms with van der Waals surface area (Å²) in [4.78, 5) is 4.60. The number of pyridine rings is 1. The first-order valence-electron chi connectivity index (χ1n) is 6.48. The lowest BCUT2D eigenvalue weighted by Gasteiger charge is -2.00. The van der Waals surface area contributed by atoms with Gasteiger partial charge in [0.15, 0.2) is 9.84 Å². The van der Waals surface area contributed by atoms with Crippen LogP contribution in [0.1, 0.15) is 5.56 Å². The monoisotopic (exact) mass is 295 g/mol. The van der Waals surface area contributed by atoms with Crippen molar-refractivity contribution in [1.82, 2.24) is 4.98 Å². The number of rotatable bonds is 3. The second kappa shape index (κ2) is 5.50. The van der Waals surface area contributed by atoms with Crippen LogP contribution in [0.4, 0.5) is 0 Å². The summed E-state index contributed by atoms with van der Waals surface area (Å²) in [6.45, 7) is 0. The second-order valence-electron chi connectivity index (χ2n) is 4.62. The number of sulfone groups is 1. The van der Waals surface area contributed by atoms with E-state index in [9.17, 15) is 8.42 Å². The SMILES string of the molecule is O=S(=O)(/C=C/c1cnc2ccccc2c1)c1ccccc1. The van der Waals surface area contributed by atoms with Gasteiger partial charge in [0.2, 0.25) is 0 Å². The van der Waals surface area contributed by atoms with Gasteiger partial charge in [0.05, 0.1) is 10.4 Å². The van der Waals surface area contributed by atoms with Crippen molar-refractivity contribution in [3.8, 4) is 0 Å². The van der Waals surface area contributed by atoms with Crippen LogP contribution >= 0.6 is 0 Å². The molecule has 0 N–H and O–H groups in total. The van der Waals surface area contributed by atoms with E-state index in [0.29, 0.717) is 0 Å². The highest BCUT2D eigenvalue weighted by Gasteiger charge is 2.08. The molecule has 4 heteroatoms.